The summed E-state index contributed by atoms with van der Waals surface area (Å²) >= 11 is 0. The Morgan fingerprint density at radius 3 is 1.96 bits per heavy atom. The smallest absolute Gasteiger partial charge is 0.0471 e. The van der Waals surface area contributed by atoms with E-state index < -0.39 is 0 Å². The monoisotopic (exact) mass is 351 g/mol. The van der Waals surface area contributed by atoms with Gasteiger partial charge in [0, 0.05) is 11.1 Å². The molecule has 1 N–H and O–H groups in total. The summed E-state index contributed by atoms with van der Waals surface area (Å²) in [5, 5.41) is 4.00. The SMILES string of the molecule is C=CCCCC=CCC1=CCC(CC=C)(CC=C)NC1(CC=C)CC=C. The van der Waals surface area contributed by atoms with Gasteiger partial charge in [-0.15, -0.1) is 32.9 Å². The van der Waals surface area contributed by atoms with E-state index in [1.165, 1.54) is 12.0 Å². The maximum absolute atomic E-state index is 4.02. The van der Waals surface area contributed by atoms with Crippen LogP contribution < -0.4 is 5.32 Å². The zero-order valence-corrected chi connectivity index (χ0v) is 16.5. The second kappa shape index (κ2) is 11.7. The van der Waals surface area contributed by atoms with E-state index in [1.807, 2.05) is 30.4 Å². The number of nitrogens with one attached hydrogen (secondary N) is 1. The fourth-order valence-corrected chi connectivity index (χ4v) is 3.98. The van der Waals surface area contributed by atoms with Crippen LogP contribution in [0.3, 0.4) is 0 Å². The number of hydrogen-bond acceptors (Lipinski definition) is 1. The van der Waals surface area contributed by atoms with Crippen LogP contribution in [0.4, 0.5) is 0 Å². The molecule has 1 nitrogen and oxygen atoms in total. The van der Waals surface area contributed by atoms with Gasteiger partial charge in [0.2, 0.25) is 0 Å². The average molecular weight is 352 g/mol. The minimum absolute atomic E-state index is 0.00725. The van der Waals surface area contributed by atoms with Gasteiger partial charge in [-0.1, -0.05) is 48.6 Å². The minimum Gasteiger partial charge on any atom is -0.301 e. The first kappa shape index (κ1) is 22.2. The van der Waals surface area contributed by atoms with Gasteiger partial charge in [0.25, 0.3) is 0 Å². The van der Waals surface area contributed by atoms with E-state index in [1.54, 1.807) is 0 Å². The standard InChI is InChI=1S/C25H37N/c1-6-11-12-13-14-15-16-23-17-22-24(18-7-2,19-8-3)26-25(23,20-9-4)21-10-5/h6-10,14-15,17,26H,1-5,11-13,16,18-22H2. The van der Waals surface area contributed by atoms with Gasteiger partial charge in [-0.3, -0.25) is 0 Å². The Morgan fingerprint density at radius 2 is 1.42 bits per heavy atom. The molecule has 0 unspecified atom stereocenters. The van der Waals surface area contributed by atoms with Gasteiger partial charge in [-0.2, -0.15) is 0 Å². The third kappa shape index (κ3) is 6.14. The van der Waals surface area contributed by atoms with Crippen LogP contribution in [0, 0.1) is 0 Å². The van der Waals surface area contributed by atoms with Crippen LogP contribution in [0.5, 0.6) is 0 Å². The normalized spacial score (nSPS) is 18.1. The molecule has 26 heavy (non-hydrogen) atoms. The second-order valence-electron chi connectivity index (χ2n) is 7.29. The van der Waals surface area contributed by atoms with Crippen molar-refractivity contribution in [1.29, 1.82) is 0 Å². The van der Waals surface area contributed by atoms with Crippen LogP contribution in [-0.4, -0.2) is 11.1 Å². The van der Waals surface area contributed by atoms with Crippen molar-refractivity contribution < 1.29 is 0 Å². The Kier molecular flexibility index (Phi) is 9.98. The third-order valence-corrected chi connectivity index (χ3v) is 5.20. The highest BCUT2D eigenvalue weighted by atomic mass is 15.1. The largest absolute Gasteiger partial charge is 0.301 e. The molecule has 0 aromatic rings. The summed E-state index contributed by atoms with van der Waals surface area (Å²) in [4.78, 5) is 0. The molecule has 0 atom stereocenters. The lowest BCUT2D eigenvalue weighted by Crippen LogP contribution is -2.60. The van der Waals surface area contributed by atoms with E-state index in [9.17, 15) is 0 Å². The maximum atomic E-state index is 4.02. The highest BCUT2D eigenvalue weighted by Crippen LogP contribution is 2.40. The lowest BCUT2D eigenvalue weighted by molar-refractivity contribution is 0.212. The lowest BCUT2D eigenvalue weighted by atomic mass is 9.71. The van der Waals surface area contributed by atoms with Gasteiger partial charge in [0.15, 0.2) is 0 Å². The molecule has 0 saturated carbocycles. The molecule has 0 fully saturated rings. The number of unbranched alkanes of at least 4 members (excludes halogenated alkanes) is 2. The summed E-state index contributed by atoms with van der Waals surface area (Å²) in [6.45, 7) is 19.8. The number of rotatable bonds is 14. The van der Waals surface area contributed by atoms with E-state index in [2.05, 4.69) is 56.4 Å². The molecular weight excluding hydrogens is 314 g/mol. The highest BCUT2D eigenvalue weighted by Gasteiger charge is 2.42. The Bertz CT molecular complexity index is 527. The van der Waals surface area contributed by atoms with Crippen molar-refractivity contribution in [1.82, 2.24) is 5.32 Å². The van der Waals surface area contributed by atoms with Crippen LogP contribution >= 0.6 is 0 Å². The van der Waals surface area contributed by atoms with Crippen LogP contribution in [0.1, 0.15) is 57.8 Å². The van der Waals surface area contributed by atoms with Crippen LogP contribution in [0.2, 0.25) is 0 Å². The number of hydrogen-bond donors (Lipinski definition) is 1. The highest BCUT2D eigenvalue weighted by molar-refractivity contribution is 5.32. The molecule has 0 aromatic heterocycles. The van der Waals surface area contributed by atoms with Crippen molar-refractivity contribution in [3.05, 3.63) is 87.1 Å². The molecule has 0 spiro atoms. The van der Waals surface area contributed by atoms with Crippen LogP contribution in [0.25, 0.3) is 0 Å². The van der Waals surface area contributed by atoms with Crippen molar-refractivity contribution >= 4 is 0 Å². The van der Waals surface area contributed by atoms with Crippen LogP contribution in [0.15, 0.2) is 87.1 Å². The topological polar surface area (TPSA) is 12.0 Å². The molecule has 0 amide bonds. The van der Waals surface area contributed by atoms with Gasteiger partial charge in [-0.25, -0.2) is 0 Å². The summed E-state index contributed by atoms with van der Waals surface area (Å²) in [6, 6.07) is 0. The first-order chi connectivity index (χ1) is 12.6. The van der Waals surface area contributed by atoms with Crippen molar-refractivity contribution in [2.24, 2.45) is 0 Å². The Balaban J connectivity index is 3.06. The summed E-state index contributed by atoms with van der Waals surface area (Å²) in [6.07, 6.45) is 26.1. The van der Waals surface area contributed by atoms with E-state index in [4.69, 9.17) is 0 Å². The molecule has 1 aliphatic heterocycles. The van der Waals surface area contributed by atoms with Crippen molar-refractivity contribution in [2.45, 2.75) is 68.9 Å². The Morgan fingerprint density at radius 1 is 0.808 bits per heavy atom. The van der Waals surface area contributed by atoms with E-state index in [-0.39, 0.29) is 11.1 Å². The van der Waals surface area contributed by atoms with E-state index >= 15 is 0 Å². The van der Waals surface area contributed by atoms with Crippen molar-refractivity contribution in [3.63, 3.8) is 0 Å². The molecular formula is C25H37N. The van der Waals surface area contributed by atoms with Gasteiger partial charge in [-0.05, 0) is 63.4 Å². The van der Waals surface area contributed by atoms with E-state index in [0.717, 1.165) is 51.4 Å². The number of allylic oxidation sites excluding steroid dienone is 3. The zero-order chi connectivity index (χ0) is 19.3. The van der Waals surface area contributed by atoms with Crippen molar-refractivity contribution in [3.8, 4) is 0 Å². The van der Waals surface area contributed by atoms with Gasteiger partial charge >= 0.3 is 0 Å². The molecule has 0 aromatic carbocycles. The summed E-state index contributed by atoms with van der Waals surface area (Å²) in [5.41, 5.74) is 1.33. The summed E-state index contributed by atoms with van der Waals surface area (Å²) in [7, 11) is 0. The third-order valence-electron chi connectivity index (χ3n) is 5.20. The predicted octanol–water partition coefficient (Wildman–Crippen LogP) is 6.99. The molecule has 1 heterocycles. The molecule has 0 aliphatic carbocycles. The summed E-state index contributed by atoms with van der Waals surface area (Å²) < 4.78 is 0. The Hall–Kier alpha value is -1.86. The predicted molar refractivity (Wildman–Crippen MR) is 118 cm³/mol. The van der Waals surface area contributed by atoms with Gasteiger partial charge in [0.1, 0.15) is 0 Å². The fraction of sp³-hybridized carbons (Fsp3) is 0.440. The maximum Gasteiger partial charge on any atom is 0.0471 e. The van der Waals surface area contributed by atoms with Crippen molar-refractivity contribution in [2.75, 3.05) is 0 Å². The first-order valence-corrected chi connectivity index (χ1v) is 9.80. The average Bonchev–Trinajstić information content (AvgIpc) is 2.61. The summed E-state index contributed by atoms with van der Waals surface area (Å²) in [5.74, 6) is 0. The fourth-order valence-electron chi connectivity index (χ4n) is 3.98. The minimum atomic E-state index is -0.112. The molecule has 142 valence electrons. The first-order valence-electron chi connectivity index (χ1n) is 9.80. The molecule has 1 rings (SSSR count). The second-order valence-corrected chi connectivity index (χ2v) is 7.29. The quantitative estimate of drug-likeness (QED) is 0.263. The van der Waals surface area contributed by atoms with Gasteiger partial charge in [0.05, 0.1) is 0 Å². The zero-order valence-electron chi connectivity index (χ0n) is 16.5. The molecule has 0 radical (unpaired) electrons. The lowest BCUT2D eigenvalue weighted by Gasteiger charge is -2.49. The molecule has 1 heteroatoms. The van der Waals surface area contributed by atoms with Crippen LogP contribution in [-0.2, 0) is 0 Å². The van der Waals surface area contributed by atoms with Gasteiger partial charge < -0.3 is 5.32 Å². The Labute approximate surface area is 161 Å². The molecule has 0 bridgehead atoms. The van der Waals surface area contributed by atoms with E-state index in [0.29, 0.717) is 0 Å². The molecule has 0 saturated heterocycles. The molecule has 1 aliphatic rings.